The summed E-state index contributed by atoms with van der Waals surface area (Å²) in [5.41, 5.74) is 2.63. The molecule has 0 spiro atoms. The average Bonchev–Trinajstić information content (AvgIpc) is 2.74. The molecule has 1 N–H and O–H groups in total. The Balaban J connectivity index is 1.97. The molecule has 3 nitrogen and oxygen atoms in total. The lowest BCUT2D eigenvalue weighted by Gasteiger charge is -2.20. The molecule has 1 aromatic rings. The van der Waals surface area contributed by atoms with Crippen LogP contribution in [0.3, 0.4) is 0 Å². The lowest BCUT2D eigenvalue weighted by atomic mass is 10.0. The Bertz CT molecular complexity index is 416. The van der Waals surface area contributed by atoms with E-state index < -0.39 is 5.97 Å². The first-order valence-corrected chi connectivity index (χ1v) is 5.34. The third kappa shape index (κ3) is 1.20. The van der Waals surface area contributed by atoms with Crippen molar-refractivity contribution in [3.63, 3.8) is 0 Å². The van der Waals surface area contributed by atoms with Gasteiger partial charge in [0.25, 0.3) is 0 Å². The Labute approximate surface area is 88.3 Å². The van der Waals surface area contributed by atoms with E-state index in [1.54, 1.807) is 0 Å². The summed E-state index contributed by atoms with van der Waals surface area (Å²) in [5, 5.41) is 9.10. The topological polar surface area (TPSA) is 40.5 Å². The van der Waals surface area contributed by atoms with Crippen molar-refractivity contribution in [2.45, 2.75) is 31.5 Å². The fourth-order valence-electron chi connectivity index (χ4n) is 2.88. The van der Waals surface area contributed by atoms with Gasteiger partial charge in [0.1, 0.15) is 6.04 Å². The van der Waals surface area contributed by atoms with Crippen LogP contribution in [0.25, 0.3) is 0 Å². The molecule has 1 fully saturated rings. The summed E-state index contributed by atoms with van der Waals surface area (Å²) < 4.78 is 0. The van der Waals surface area contributed by atoms with Gasteiger partial charge < -0.3 is 5.11 Å². The van der Waals surface area contributed by atoms with Gasteiger partial charge in [-0.25, -0.2) is 0 Å². The molecule has 0 aromatic heterocycles. The average molecular weight is 203 g/mol. The van der Waals surface area contributed by atoms with Crippen LogP contribution < -0.4 is 0 Å². The van der Waals surface area contributed by atoms with Crippen LogP contribution in [0.1, 0.15) is 30.0 Å². The second-order valence-electron chi connectivity index (χ2n) is 4.32. The summed E-state index contributed by atoms with van der Waals surface area (Å²) in [6.45, 7) is 0.803. The molecule has 1 saturated heterocycles. The maximum Gasteiger partial charge on any atom is 0.320 e. The van der Waals surface area contributed by atoms with Gasteiger partial charge in [0.15, 0.2) is 0 Å². The maximum atomic E-state index is 11.1. The van der Waals surface area contributed by atoms with Crippen LogP contribution in [-0.4, -0.2) is 22.0 Å². The fraction of sp³-hybridized carbons (Fsp3) is 0.417. The third-order valence-corrected chi connectivity index (χ3v) is 3.57. The number of fused-ring (bicyclic) bond motifs is 3. The van der Waals surface area contributed by atoms with Crippen LogP contribution >= 0.6 is 0 Å². The van der Waals surface area contributed by atoms with E-state index in [1.807, 2.05) is 12.1 Å². The first kappa shape index (κ1) is 8.92. The molecule has 1 aromatic carbocycles. The molecule has 2 atom stereocenters. The Hall–Kier alpha value is -1.35. The minimum atomic E-state index is -0.676. The maximum absolute atomic E-state index is 11.1. The number of benzene rings is 1. The zero-order chi connectivity index (χ0) is 10.4. The van der Waals surface area contributed by atoms with Crippen molar-refractivity contribution in [1.82, 2.24) is 4.90 Å². The molecule has 0 bridgehead atoms. The lowest BCUT2D eigenvalue weighted by molar-refractivity contribution is -0.142. The van der Waals surface area contributed by atoms with E-state index in [-0.39, 0.29) is 6.04 Å². The summed E-state index contributed by atoms with van der Waals surface area (Å²) >= 11 is 0. The molecule has 2 aliphatic rings. The standard InChI is InChI=1S/C12H13NO2/c14-12(15)11-6-5-10-9-4-2-1-3-8(9)7-13(10)11/h1-4,10-11H,5-7H2,(H,14,15). The number of rotatable bonds is 1. The van der Waals surface area contributed by atoms with Crippen LogP contribution in [0.5, 0.6) is 0 Å². The Morgan fingerprint density at radius 2 is 2.13 bits per heavy atom. The van der Waals surface area contributed by atoms with E-state index in [1.165, 1.54) is 11.1 Å². The molecule has 2 unspecified atom stereocenters. The molecule has 3 heteroatoms. The second kappa shape index (κ2) is 3.07. The highest BCUT2D eigenvalue weighted by molar-refractivity contribution is 5.74. The quantitative estimate of drug-likeness (QED) is 0.756. The van der Waals surface area contributed by atoms with E-state index >= 15 is 0 Å². The summed E-state index contributed by atoms with van der Waals surface area (Å²) in [4.78, 5) is 13.2. The molecule has 2 aliphatic heterocycles. The number of nitrogens with zero attached hydrogens (tertiary/aromatic N) is 1. The van der Waals surface area contributed by atoms with E-state index in [0.29, 0.717) is 6.04 Å². The van der Waals surface area contributed by atoms with Crippen molar-refractivity contribution in [2.24, 2.45) is 0 Å². The molecule has 2 heterocycles. The Kier molecular flexibility index (Phi) is 1.83. The van der Waals surface area contributed by atoms with Crippen molar-refractivity contribution >= 4 is 5.97 Å². The molecule has 0 amide bonds. The van der Waals surface area contributed by atoms with Gasteiger partial charge in [0.2, 0.25) is 0 Å². The van der Waals surface area contributed by atoms with Gasteiger partial charge in [-0.2, -0.15) is 0 Å². The van der Waals surface area contributed by atoms with Crippen LogP contribution in [0.15, 0.2) is 24.3 Å². The number of aliphatic carboxylic acids is 1. The summed E-state index contributed by atoms with van der Waals surface area (Å²) in [5.74, 6) is -0.676. The van der Waals surface area contributed by atoms with Crippen molar-refractivity contribution in [3.8, 4) is 0 Å². The van der Waals surface area contributed by atoms with Crippen LogP contribution in [0.4, 0.5) is 0 Å². The molecular weight excluding hydrogens is 190 g/mol. The van der Waals surface area contributed by atoms with Gasteiger partial charge in [-0.3, -0.25) is 9.69 Å². The Morgan fingerprint density at radius 3 is 2.93 bits per heavy atom. The lowest BCUT2D eigenvalue weighted by Crippen LogP contribution is -2.33. The number of carboxylic acid groups (broad SMARTS) is 1. The number of carboxylic acids is 1. The molecule has 15 heavy (non-hydrogen) atoms. The monoisotopic (exact) mass is 203 g/mol. The van der Waals surface area contributed by atoms with Crippen molar-refractivity contribution in [3.05, 3.63) is 35.4 Å². The SMILES string of the molecule is O=C(O)C1CCC2c3ccccc3CN12. The number of hydrogen-bond acceptors (Lipinski definition) is 2. The second-order valence-corrected chi connectivity index (χ2v) is 4.32. The highest BCUT2D eigenvalue weighted by atomic mass is 16.4. The Morgan fingerprint density at radius 1 is 1.33 bits per heavy atom. The number of hydrogen-bond donors (Lipinski definition) is 1. The highest BCUT2D eigenvalue weighted by Gasteiger charge is 2.42. The minimum Gasteiger partial charge on any atom is -0.480 e. The van der Waals surface area contributed by atoms with Crippen molar-refractivity contribution in [2.75, 3.05) is 0 Å². The van der Waals surface area contributed by atoms with Crippen molar-refractivity contribution in [1.29, 1.82) is 0 Å². The van der Waals surface area contributed by atoms with Gasteiger partial charge >= 0.3 is 5.97 Å². The predicted octanol–water partition coefficient (Wildman–Crippen LogP) is 1.79. The van der Waals surface area contributed by atoms with Gasteiger partial charge in [-0.15, -0.1) is 0 Å². The molecular formula is C12H13NO2. The minimum absolute atomic E-state index is 0.276. The molecule has 0 saturated carbocycles. The third-order valence-electron chi connectivity index (χ3n) is 3.57. The first-order chi connectivity index (χ1) is 7.27. The van der Waals surface area contributed by atoms with Gasteiger partial charge in [-0.05, 0) is 24.0 Å². The normalized spacial score (nSPS) is 28.8. The molecule has 78 valence electrons. The van der Waals surface area contributed by atoms with Crippen molar-refractivity contribution < 1.29 is 9.90 Å². The molecule has 0 aliphatic carbocycles. The van der Waals surface area contributed by atoms with Gasteiger partial charge in [-0.1, -0.05) is 24.3 Å². The first-order valence-electron chi connectivity index (χ1n) is 5.34. The van der Waals surface area contributed by atoms with Crippen LogP contribution in [0, 0.1) is 0 Å². The van der Waals surface area contributed by atoms with Gasteiger partial charge in [0.05, 0.1) is 0 Å². The van der Waals surface area contributed by atoms with E-state index in [9.17, 15) is 4.79 Å². The highest BCUT2D eigenvalue weighted by Crippen LogP contribution is 2.43. The fourth-order valence-corrected chi connectivity index (χ4v) is 2.88. The smallest absolute Gasteiger partial charge is 0.320 e. The van der Waals surface area contributed by atoms with Gasteiger partial charge in [0, 0.05) is 12.6 Å². The van der Waals surface area contributed by atoms with E-state index in [2.05, 4.69) is 17.0 Å². The molecule has 3 rings (SSSR count). The summed E-state index contributed by atoms with van der Waals surface area (Å²) in [6.07, 6.45) is 1.77. The van der Waals surface area contributed by atoms with E-state index in [0.717, 1.165) is 19.4 Å². The van der Waals surface area contributed by atoms with Crippen LogP contribution in [-0.2, 0) is 11.3 Å². The summed E-state index contributed by atoms with van der Waals surface area (Å²) in [7, 11) is 0. The number of carbonyl (C=O) groups is 1. The predicted molar refractivity (Wildman–Crippen MR) is 55.4 cm³/mol. The van der Waals surface area contributed by atoms with E-state index in [4.69, 9.17) is 5.11 Å². The zero-order valence-corrected chi connectivity index (χ0v) is 8.39. The van der Waals surface area contributed by atoms with Crippen LogP contribution in [0.2, 0.25) is 0 Å². The molecule has 0 radical (unpaired) electrons. The summed E-state index contributed by atoms with van der Waals surface area (Å²) in [6, 6.07) is 8.37. The largest absolute Gasteiger partial charge is 0.480 e. The zero-order valence-electron chi connectivity index (χ0n) is 8.39.